The Morgan fingerprint density at radius 1 is 1.18 bits per heavy atom. The van der Waals surface area contributed by atoms with Gasteiger partial charge in [-0.3, -0.25) is 0 Å². The largest absolute Gasteiger partial charge is 0.497 e. The number of amides is 2. The van der Waals surface area contributed by atoms with Crippen molar-refractivity contribution in [3.8, 4) is 5.75 Å². The number of rotatable bonds is 9. The number of aliphatic hydroxyl groups excluding tert-OH is 1. The summed E-state index contributed by atoms with van der Waals surface area (Å²) >= 11 is 0. The van der Waals surface area contributed by atoms with Crippen molar-refractivity contribution in [2.45, 2.75) is 42.4 Å². The van der Waals surface area contributed by atoms with Crippen molar-refractivity contribution in [2.24, 2.45) is 0 Å². The van der Waals surface area contributed by atoms with Crippen molar-refractivity contribution in [3.05, 3.63) is 54.3 Å². The number of halogens is 1. The van der Waals surface area contributed by atoms with Crippen molar-refractivity contribution in [1.82, 2.24) is 10.0 Å². The molecule has 11 heteroatoms. The van der Waals surface area contributed by atoms with Gasteiger partial charge in [-0.05, 0) is 55.7 Å². The van der Waals surface area contributed by atoms with Gasteiger partial charge >= 0.3 is 6.03 Å². The summed E-state index contributed by atoms with van der Waals surface area (Å²) in [5, 5.41) is 15.2. The van der Waals surface area contributed by atoms with Crippen molar-refractivity contribution < 1.29 is 32.2 Å². The molecule has 3 atom stereocenters. The van der Waals surface area contributed by atoms with Crippen LogP contribution < -0.4 is 20.1 Å². The zero-order valence-corrected chi connectivity index (χ0v) is 19.0. The SMILES string of the molecule is COc1ccc(NC(=O)N[C@@H]2CC[C@H](CCNS(=O)(=O)c3ccccc3F)O[C@H]2CO)cc1. The molecule has 2 aromatic rings. The van der Waals surface area contributed by atoms with Crippen LogP contribution in [0.2, 0.25) is 0 Å². The van der Waals surface area contributed by atoms with E-state index in [9.17, 15) is 22.7 Å². The summed E-state index contributed by atoms with van der Waals surface area (Å²) < 4.78 is 51.6. The predicted molar refractivity (Wildman–Crippen MR) is 120 cm³/mol. The van der Waals surface area contributed by atoms with Crippen LogP contribution in [0.5, 0.6) is 5.75 Å². The maximum atomic E-state index is 13.8. The number of benzene rings is 2. The average molecular weight is 482 g/mol. The number of carbonyl (C=O) groups excluding carboxylic acids is 1. The van der Waals surface area contributed by atoms with Crippen LogP contribution in [0.25, 0.3) is 0 Å². The highest BCUT2D eigenvalue weighted by Gasteiger charge is 2.32. The van der Waals surface area contributed by atoms with E-state index >= 15 is 0 Å². The molecule has 3 rings (SSSR count). The summed E-state index contributed by atoms with van der Waals surface area (Å²) in [6.07, 6.45) is 0.508. The van der Waals surface area contributed by atoms with Gasteiger partial charge in [0.25, 0.3) is 0 Å². The fourth-order valence-electron chi connectivity index (χ4n) is 3.61. The minimum Gasteiger partial charge on any atom is -0.497 e. The topological polar surface area (TPSA) is 126 Å². The number of hydrogen-bond acceptors (Lipinski definition) is 6. The number of hydrogen-bond donors (Lipinski definition) is 4. The Morgan fingerprint density at radius 2 is 1.91 bits per heavy atom. The molecule has 1 aliphatic heterocycles. The number of sulfonamides is 1. The molecular formula is C22H28FN3O6S. The molecule has 33 heavy (non-hydrogen) atoms. The standard InChI is InChI=1S/C22H28FN3O6S/c1-31-16-8-6-15(7-9-16)25-22(28)26-19-11-10-17(32-20(19)14-27)12-13-24-33(29,30)21-5-3-2-4-18(21)23/h2-9,17,19-20,24,27H,10-14H2,1H3,(H2,25,26,28)/t17-,19-,20+/m1/s1. The third kappa shape index (κ3) is 6.87. The quantitative estimate of drug-likeness (QED) is 0.435. The first-order valence-corrected chi connectivity index (χ1v) is 12.0. The van der Waals surface area contributed by atoms with Gasteiger partial charge in [-0.25, -0.2) is 22.3 Å². The Bertz CT molecular complexity index is 1030. The van der Waals surface area contributed by atoms with E-state index in [0.717, 1.165) is 6.07 Å². The lowest BCUT2D eigenvalue weighted by molar-refractivity contribution is -0.0884. The molecule has 2 amide bonds. The molecule has 1 saturated heterocycles. The van der Waals surface area contributed by atoms with Gasteiger partial charge in [-0.1, -0.05) is 12.1 Å². The molecule has 9 nitrogen and oxygen atoms in total. The maximum absolute atomic E-state index is 13.8. The summed E-state index contributed by atoms with van der Waals surface area (Å²) in [6, 6.07) is 11.2. The van der Waals surface area contributed by atoms with Crippen LogP contribution in [-0.4, -0.2) is 58.1 Å². The van der Waals surface area contributed by atoms with Crippen LogP contribution in [0.1, 0.15) is 19.3 Å². The lowest BCUT2D eigenvalue weighted by Gasteiger charge is -2.36. The van der Waals surface area contributed by atoms with Gasteiger partial charge in [0.05, 0.1) is 25.9 Å². The van der Waals surface area contributed by atoms with E-state index < -0.39 is 38.9 Å². The normalized spacial score (nSPS) is 20.8. The zero-order chi connectivity index (χ0) is 23.8. The number of ether oxygens (including phenoxy) is 2. The molecule has 1 fully saturated rings. The van der Waals surface area contributed by atoms with Gasteiger partial charge in [0.15, 0.2) is 0 Å². The molecule has 0 unspecified atom stereocenters. The summed E-state index contributed by atoms with van der Waals surface area (Å²) in [7, 11) is -2.42. The first-order chi connectivity index (χ1) is 15.8. The smallest absolute Gasteiger partial charge is 0.319 e. The predicted octanol–water partition coefficient (Wildman–Crippen LogP) is 2.23. The fourth-order valence-corrected chi connectivity index (χ4v) is 4.74. The van der Waals surface area contributed by atoms with Crippen molar-refractivity contribution >= 4 is 21.7 Å². The van der Waals surface area contributed by atoms with E-state index in [2.05, 4.69) is 15.4 Å². The van der Waals surface area contributed by atoms with Gasteiger partial charge in [-0.2, -0.15) is 0 Å². The summed E-state index contributed by atoms with van der Waals surface area (Å²) in [6.45, 7) is -0.250. The van der Waals surface area contributed by atoms with Gasteiger partial charge in [0, 0.05) is 12.2 Å². The van der Waals surface area contributed by atoms with E-state index in [0.29, 0.717) is 30.7 Å². The Labute approximate surface area is 192 Å². The summed E-state index contributed by atoms with van der Waals surface area (Å²) in [5.74, 6) is -0.148. The monoisotopic (exact) mass is 481 g/mol. The maximum Gasteiger partial charge on any atom is 0.319 e. The lowest BCUT2D eigenvalue weighted by atomic mass is 9.97. The molecule has 2 aromatic carbocycles. The highest BCUT2D eigenvalue weighted by Crippen LogP contribution is 2.22. The van der Waals surface area contributed by atoms with Crippen LogP contribution in [0.3, 0.4) is 0 Å². The molecule has 0 saturated carbocycles. The van der Waals surface area contributed by atoms with E-state index in [1.165, 1.54) is 18.2 Å². The molecule has 0 aliphatic carbocycles. The molecule has 0 spiro atoms. The number of anilines is 1. The Kier molecular flexibility index (Phi) is 8.61. The number of urea groups is 1. The van der Waals surface area contributed by atoms with Crippen LogP contribution in [0, 0.1) is 5.82 Å². The Morgan fingerprint density at radius 3 is 2.58 bits per heavy atom. The third-order valence-electron chi connectivity index (χ3n) is 5.34. The van der Waals surface area contributed by atoms with Crippen LogP contribution in [-0.2, 0) is 14.8 Å². The van der Waals surface area contributed by atoms with Crippen LogP contribution in [0.4, 0.5) is 14.9 Å². The highest BCUT2D eigenvalue weighted by atomic mass is 32.2. The third-order valence-corrected chi connectivity index (χ3v) is 6.84. The second-order valence-corrected chi connectivity index (χ2v) is 9.34. The van der Waals surface area contributed by atoms with Gasteiger partial charge < -0.3 is 25.2 Å². The van der Waals surface area contributed by atoms with Crippen molar-refractivity contribution in [1.29, 1.82) is 0 Å². The first kappa shape index (κ1) is 24.9. The number of methoxy groups -OCH3 is 1. The molecule has 180 valence electrons. The molecular weight excluding hydrogens is 453 g/mol. The van der Waals surface area contributed by atoms with Gasteiger partial charge in [-0.15, -0.1) is 0 Å². The Hall–Kier alpha value is -2.73. The molecule has 0 radical (unpaired) electrons. The van der Waals surface area contributed by atoms with E-state index in [4.69, 9.17) is 9.47 Å². The number of nitrogens with one attached hydrogen (secondary N) is 3. The molecule has 0 aromatic heterocycles. The van der Waals surface area contributed by atoms with Crippen molar-refractivity contribution in [3.63, 3.8) is 0 Å². The minimum absolute atomic E-state index is 0.0511. The van der Waals surface area contributed by atoms with Gasteiger partial charge in [0.1, 0.15) is 22.6 Å². The summed E-state index contributed by atoms with van der Waals surface area (Å²) in [5.41, 5.74) is 0.589. The molecule has 0 bridgehead atoms. The molecule has 4 N–H and O–H groups in total. The number of carbonyl (C=O) groups is 1. The highest BCUT2D eigenvalue weighted by molar-refractivity contribution is 7.89. The van der Waals surface area contributed by atoms with Crippen LogP contribution >= 0.6 is 0 Å². The molecule has 1 heterocycles. The average Bonchev–Trinajstić information content (AvgIpc) is 2.80. The van der Waals surface area contributed by atoms with Crippen molar-refractivity contribution in [2.75, 3.05) is 25.6 Å². The summed E-state index contributed by atoms with van der Waals surface area (Å²) in [4.78, 5) is 11.9. The van der Waals surface area contributed by atoms with E-state index in [-0.39, 0.29) is 19.3 Å². The second kappa shape index (κ2) is 11.4. The zero-order valence-electron chi connectivity index (χ0n) is 18.2. The van der Waals surface area contributed by atoms with Crippen LogP contribution in [0.15, 0.2) is 53.4 Å². The lowest BCUT2D eigenvalue weighted by Crippen LogP contribution is -2.52. The number of aliphatic hydroxyl groups is 1. The second-order valence-electron chi connectivity index (χ2n) is 7.61. The van der Waals surface area contributed by atoms with Gasteiger partial charge in [0.2, 0.25) is 10.0 Å². The fraction of sp³-hybridized carbons (Fsp3) is 0.409. The van der Waals surface area contributed by atoms with E-state index in [1.54, 1.807) is 31.4 Å². The molecule has 1 aliphatic rings. The van der Waals surface area contributed by atoms with E-state index in [1.807, 2.05) is 0 Å². The first-order valence-electron chi connectivity index (χ1n) is 10.5. The Balaban J connectivity index is 1.46. The minimum atomic E-state index is -3.97.